The maximum Gasteiger partial charge on any atom is 0.223 e. The van der Waals surface area contributed by atoms with Crippen molar-refractivity contribution in [1.29, 1.82) is 0 Å². The number of aryl methyl sites for hydroxylation is 1. The van der Waals surface area contributed by atoms with E-state index in [-0.39, 0.29) is 0 Å². The zero-order valence-electron chi connectivity index (χ0n) is 11.5. The minimum Gasteiger partial charge on any atom is -0.350 e. The highest BCUT2D eigenvalue weighted by molar-refractivity contribution is 5.27. The molecule has 20 heavy (non-hydrogen) atoms. The summed E-state index contributed by atoms with van der Waals surface area (Å²) in [5.41, 5.74) is 2.00. The van der Waals surface area contributed by atoms with Crippen molar-refractivity contribution in [3.8, 4) is 0 Å². The van der Waals surface area contributed by atoms with Gasteiger partial charge in [-0.05, 0) is 19.4 Å². The molecule has 2 aromatic rings. The Bertz CT molecular complexity index is 559. The third-order valence-electron chi connectivity index (χ3n) is 3.40. The van der Waals surface area contributed by atoms with Gasteiger partial charge in [-0.2, -0.15) is 0 Å². The summed E-state index contributed by atoms with van der Waals surface area (Å²) in [6.45, 7) is 4.86. The van der Waals surface area contributed by atoms with Gasteiger partial charge >= 0.3 is 0 Å². The van der Waals surface area contributed by atoms with Gasteiger partial charge in [0.05, 0.1) is 5.69 Å². The van der Waals surface area contributed by atoms with E-state index in [0.29, 0.717) is 6.04 Å². The van der Waals surface area contributed by atoms with Crippen LogP contribution in [0.5, 0.6) is 0 Å². The van der Waals surface area contributed by atoms with Crippen LogP contribution >= 0.6 is 0 Å². The Morgan fingerprint density at radius 3 is 3.05 bits per heavy atom. The predicted octanol–water partition coefficient (Wildman–Crippen LogP) is 1.26. The molecule has 1 aliphatic rings. The molecular formula is C14H18N6. The van der Waals surface area contributed by atoms with Gasteiger partial charge in [-0.25, -0.2) is 9.97 Å². The maximum atomic E-state index is 4.38. The van der Waals surface area contributed by atoms with Crippen molar-refractivity contribution in [2.24, 2.45) is 0 Å². The van der Waals surface area contributed by atoms with E-state index in [1.165, 1.54) is 0 Å². The smallest absolute Gasteiger partial charge is 0.223 e. The van der Waals surface area contributed by atoms with Crippen molar-refractivity contribution < 1.29 is 0 Å². The molecule has 0 saturated carbocycles. The lowest BCUT2D eigenvalue weighted by Gasteiger charge is -2.16. The molecule has 1 atom stereocenters. The topological polar surface area (TPSA) is 66.8 Å². The van der Waals surface area contributed by atoms with Crippen LogP contribution in [0.25, 0.3) is 0 Å². The van der Waals surface area contributed by atoms with Gasteiger partial charge in [0.25, 0.3) is 0 Å². The minimum absolute atomic E-state index is 0.397. The van der Waals surface area contributed by atoms with Crippen LogP contribution in [0, 0.1) is 6.92 Å². The molecule has 1 fully saturated rings. The summed E-state index contributed by atoms with van der Waals surface area (Å²) in [7, 11) is 0. The quantitative estimate of drug-likeness (QED) is 0.902. The second kappa shape index (κ2) is 5.92. The molecule has 0 spiro atoms. The molecule has 2 aromatic heterocycles. The highest BCUT2D eigenvalue weighted by Crippen LogP contribution is 2.15. The lowest BCUT2D eigenvalue weighted by Crippen LogP contribution is -2.27. The largest absolute Gasteiger partial charge is 0.350 e. The normalized spacial score (nSPS) is 19.1. The number of likely N-dealkylation sites (tertiary alicyclic amines) is 1. The molecule has 0 aromatic carbocycles. The number of nitrogens with one attached hydrogen (secondary N) is 1. The van der Waals surface area contributed by atoms with E-state index in [9.17, 15) is 0 Å². The molecule has 1 N–H and O–H groups in total. The molecule has 0 aliphatic carbocycles. The van der Waals surface area contributed by atoms with E-state index in [4.69, 9.17) is 0 Å². The van der Waals surface area contributed by atoms with E-state index in [0.717, 1.165) is 43.4 Å². The summed E-state index contributed by atoms with van der Waals surface area (Å²) < 4.78 is 0. The summed E-state index contributed by atoms with van der Waals surface area (Å²) in [5, 5.41) is 3.40. The molecule has 1 aliphatic heterocycles. The summed E-state index contributed by atoms with van der Waals surface area (Å²) in [5.74, 6) is 0.719. The number of hydrogen-bond donors (Lipinski definition) is 1. The third kappa shape index (κ3) is 3.27. The van der Waals surface area contributed by atoms with Crippen LogP contribution in [0.2, 0.25) is 0 Å². The molecule has 0 bridgehead atoms. The number of anilines is 1. The highest BCUT2D eigenvalue weighted by Gasteiger charge is 2.23. The molecule has 6 nitrogen and oxygen atoms in total. The van der Waals surface area contributed by atoms with Crippen molar-refractivity contribution in [3.63, 3.8) is 0 Å². The third-order valence-corrected chi connectivity index (χ3v) is 3.40. The fraction of sp³-hybridized carbons (Fsp3) is 0.429. The van der Waals surface area contributed by atoms with Gasteiger partial charge in [0.15, 0.2) is 0 Å². The molecule has 3 rings (SSSR count). The van der Waals surface area contributed by atoms with E-state index in [2.05, 4.69) is 30.2 Å². The van der Waals surface area contributed by atoms with Crippen LogP contribution in [0.3, 0.4) is 0 Å². The fourth-order valence-corrected chi connectivity index (χ4v) is 2.44. The van der Waals surface area contributed by atoms with Gasteiger partial charge in [-0.1, -0.05) is 0 Å². The fourth-order valence-electron chi connectivity index (χ4n) is 2.44. The molecule has 0 radical (unpaired) electrons. The van der Waals surface area contributed by atoms with Crippen molar-refractivity contribution in [2.75, 3.05) is 18.4 Å². The van der Waals surface area contributed by atoms with Gasteiger partial charge in [0.1, 0.15) is 0 Å². The SMILES string of the molecule is Cc1ccnc(NC2CCN(Cc3cnccn3)C2)n1. The average Bonchev–Trinajstić information content (AvgIpc) is 2.87. The van der Waals surface area contributed by atoms with Crippen molar-refractivity contribution in [3.05, 3.63) is 42.2 Å². The van der Waals surface area contributed by atoms with Crippen molar-refractivity contribution in [1.82, 2.24) is 24.8 Å². The van der Waals surface area contributed by atoms with E-state index in [1.807, 2.05) is 19.2 Å². The zero-order chi connectivity index (χ0) is 13.8. The molecular weight excluding hydrogens is 252 g/mol. The van der Waals surface area contributed by atoms with Crippen LogP contribution in [-0.4, -0.2) is 44.0 Å². The second-order valence-electron chi connectivity index (χ2n) is 5.08. The van der Waals surface area contributed by atoms with E-state index in [1.54, 1.807) is 18.6 Å². The lowest BCUT2D eigenvalue weighted by atomic mass is 10.3. The monoisotopic (exact) mass is 270 g/mol. The first kappa shape index (κ1) is 12.9. The number of aromatic nitrogens is 4. The van der Waals surface area contributed by atoms with Crippen molar-refractivity contribution in [2.45, 2.75) is 25.9 Å². The first-order valence-corrected chi connectivity index (χ1v) is 6.83. The number of rotatable bonds is 4. The molecule has 104 valence electrons. The van der Waals surface area contributed by atoms with Crippen LogP contribution in [0.4, 0.5) is 5.95 Å². The maximum absolute atomic E-state index is 4.38. The Morgan fingerprint density at radius 1 is 1.30 bits per heavy atom. The minimum atomic E-state index is 0.397. The van der Waals surface area contributed by atoms with Gasteiger partial charge in [0.2, 0.25) is 5.95 Å². The molecule has 3 heterocycles. The lowest BCUT2D eigenvalue weighted by molar-refractivity contribution is 0.324. The van der Waals surface area contributed by atoms with Crippen LogP contribution in [-0.2, 0) is 6.54 Å². The van der Waals surface area contributed by atoms with E-state index < -0.39 is 0 Å². The predicted molar refractivity (Wildman–Crippen MR) is 76.1 cm³/mol. The molecule has 1 unspecified atom stereocenters. The van der Waals surface area contributed by atoms with E-state index >= 15 is 0 Å². The van der Waals surface area contributed by atoms with Gasteiger partial charge in [-0.15, -0.1) is 0 Å². The number of nitrogens with zero attached hydrogens (tertiary/aromatic N) is 5. The summed E-state index contributed by atoms with van der Waals surface area (Å²) in [4.78, 5) is 19.4. The molecule has 1 saturated heterocycles. The first-order valence-electron chi connectivity index (χ1n) is 6.83. The van der Waals surface area contributed by atoms with Crippen molar-refractivity contribution >= 4 is 5.95 Å². The Balaban J connectivity index is 1.54. The summed E-state index contributed by atoms with van der Waals surface area (Å²) in [6.07, 6.45) is 8.15. The van der Waals surface area contributed by atoms with Crippen LogP contribution in [0.1, 0.15) is 17.8 Å². The van der Waals surface area contributed by atoms with Gasteiger partial charge < -0.3 is 5.32 Å². The molecule has 0 amide bonds. The van der Waals surface area contributed by atoms with Crippen LogP contribution in [0.15, 0.2) is 30.9 Å². The Kier molecular flexibility index (Phi) is 3.83. The summed E-state index contributed by atoms with van der Waals surface area (Å²) in [6, 6.07) is 2.30. The van der Waals surface area contributed by atoms with Gasteiger partial charge in [-0.3, -0.25) is 14.9 Å². The summed E-state index contributed by atoms with van der Waals surface area (Å²) >= 11 is 0. The standard InChI is InChI=1S/C14H18N6/c1-11-2-4-17-14(18-11)19-12-3-7-20(9-12)10-13-8-15-5-6-16-13/h2,4-6,8,12H,3,7,9-10H2,1H3,(H,17,18,19). The Labute approximate surface area is 118 Å². The molecule has 6 heteroatoms. The van der Waals surface area contributed by atoms with Gasteiger partial charge in [0, 0.05) is 56.2 Å². The highest BCUT2D eigenvalue weighted by atomic mass is 15.2. The first-order chi connectivity index (χ1) is 9.79. The average molecular weight is 270 g/mol. The number of hydrogen-bond acceptors (Lipinski definition) is 6. The zero-order valence-corrected chi connectivity index (χ0v) is 11.5. The van der Waals surface area contributed by atoms with Crippen LogP contribution < -0.4 is 5.32 Å². The Morgan fingerprint density at radius 2 is 2.25 bits per heavy atom. The second-order valence-corrected chi connectivity index (χ2v) is 5.08. The Hall–Kier alpha value is -2.08.